The molecular formula is C16H15F2N3O2S. The summed E-state index contributed by atoms with van der Waals surface area (Å²) < 4.78 is 31.8. The molecule has 0 spiro atoms. The average molecular weight is 351 g/mol. The van der Waals surface area contributed by atoms with Crippen LogP contribution in [0.1, 0.15) is 11.5 Å². The summed E-state index contributed by atoms with van der Waals surface area (Å²) in [5.74, 6) is -0.333. The SMILES string of the molecule is Cc1ccc(CN(C)C(=O)CSc2nc3cc(F)c(F)cc3[nH]2)o1. The molecule has 0 aliphatic heterocycles. The number of aromatic nitrogens is 2. The van der Waals surface area contributed by atoms with Crippen LogP contribution in [0.25, 0.3) is 11.0 Å². The number of H-pyrrole nitrogens is 1. The van der Waals surface area contributed by atoms with E-state index in [1.54, 1.807) is 11.9 Å². The van der Waals surface area contributed by atoms with Crippen molar-refractivity contribution in [2.24, 2.45) is 0 Å². The van der Waals surface area contributed by atoms with Crippen LogP contribution < -0.4 is 0 Å². The minimum Gasteiger partial charge on any atom is -0.464 e. The van der Waals surface area contributed by atoms with Gasteiger partial charge in [0.15, 0.2) is 16.8 Å². The monoisotopic (exact) mass is 351 g/mol. The van der Waals surface area contributed by atoms with E-state index >= 15 is 0 Å². The van der Waals surface area contributed by atoms with Crippen LogP contribution in [-0.2, 0) is 11.3 Å². The van der Waals surface area contributed by atoms with Crippen LogP contribution >= 0.6 is 11.8 Å². The highest BCUT2D eigenvalue weighted by Crippen LogP contribution is 2.22. The summed E-state index contributed by atoms with van der Waals surface area (Å²) in [7, 11) is 1.68. The first-order valence-electron chi connectivity index (χ1n) is 7.19. The number of carbonyl (C=O) groups is 1. The van der Waals surface area contributed by atoms with E-state index in [4.69, 9.17) is 4.42 Å². The number of furan rings is 1. The molecule has 0 atom stereocenters. The number of amides is 1. The van der Waals surface area contributed by atoms with Crippen LogP contribution in [0.15, 0.2) is 33.8 Å². The molecule has 1 amide bonds. The molecule has 5 nitrogen and oxygen atoms in total. The number of nitrogens with zero attached hydrogens (tertiary/aromatic N) is 2. The number of imidazole rings is 1. The number of benzene rings is 1. The molecule has 1 aromatic carbocycles. The molecular weight excluding hydrogens is 336 g/mol. The van der Waals surface area contributed by atoms with E-state index in [-0.39, 0.29) is 11.7 Å². The fourth-order valence-electron chi connectivity index (χ4n) is 2.18. The first-order valence-corrected chi connectivity index (χ1v) is 8.18. The maximum atomic E-state index is 13.2. The molecule has 8 heteroatoms. The lowest BCUT2D eigenvalue weighted by molar-refractivity contribution is -0.127. The molecule has 126 valence electrons. The van der Waals surface area contributed by atoms with Gasteiger partial charge < -0.3 is 14.3 Å². The van der Waals surface area contributed by atoms with Crippen molar-refractivity contribution in [2.45, 2.75) is 18.6 Å². The van der Waals surface area contributed by atoms with Crippen molar-refractivity contribution in [2.75, 3.05) is 12.8 Å². The Labute approximate surface area is 141 Å². The van der Waals surface area contributed by atoms with Gasteiger partial charge in [0, 0.05) is 19.2 Å². The number of fused-ring (bicyclic) bond motifs is 1. The first kappa shape index (κ1) is 16.5. The van der Waals surface area contributed by atoms with E-state index in [2.05, 4.69) is 9.97 Å². The van der Waals surface area contributed by atoms with Crippen molar-refractivity contribution in [3.05, 3.63) is 47.4 Å². The highest BCUT2D eigenvalue weighted by atomic mass is 32.2. The fourth-order valence-corrected chi connectivity index (χ4v) is 3.01. The Morgan fingerprint density at radius 3 is 2.79 bits per heavy atom. The van der Waals surface area contributed by atoms with E-state index in [9.17, 15) is 13.6 Å². The van der Waals surface area contributed by atoms with Gasteiger partial charge in [0.1, 0.15) is 11.5 Å². The van der Waals surface area contributed by atoms with Gasteiger partial charge >= 0.3 is 0 Å². The van der Waals surface area contributed by atoms with E-state index in [1.807, 2.05) is 19.1 Å². The van der Waals surface area contributed by atoms with Crippen LogP contribution in [0.5, 0.6) is 0 Å². The second kappa shape index (κ2) is 6.64. The van der Waals surface area contributed by atoms with Crippen molar-refractivity contribution in [1.29, 1.82) is 0 Å². The second-order valence-corrected chi connectivity index (χ2v) is 6.34. The van der Waals surface area contributed by atoms with Crippen molar-refractivity contribution in [3.63, 3.8) is 0 Å². The number of carbonyl (C=O) groups excluding carboxylic acids is 1. The van der Waals surface area contributed by atoms with Crippen molar-refractivity contribution < 1.29 is 18.0 Å². The summed E-state index contributed by atoms with van der Waals surface area (Å²) in [6.07, 6.45) is 0. The normalized spacial score (nSPS) is 11.2. The standard InChI is InChI=1S/C16H15F2N3O2S/c1-9-3-4-10(23-9)7-21(2)15(22)8-24-16-19-13-5-11(17)12(18)6-14(13)20-16/h3-6H,7-8H2,1-2H3,(H,19,20). The lowest BCUT2D eigenvalue weighted by atomic mass is 10.3. The molecule has 0 fully saturated rings. The zero-order valence-corrected chi connectivity index (χ0v) is 13.9. The molecule has 1 N–H and O–H groups in total. The fraction of sp³-hybridized carbons (Fsp3) is 0.250. The Bertz CT molecular complexity index is 852. The Morgan fingerprint density at radius 2 is 2.08 bits per heavy atom. The molecule has 0 radical (unpaired) electrons. The zero-order valence-electron chi connectivity index (χ0n) is 13.1. The molecule has 0 bridgehead atoms. The quantitative estimate of drug-likeness (QED) is 0.715. The molecule has 24 heavy (non-hydrogen) atoms. The van der Waals surface area contributed by atoms with Gasteiger partial charge in [0.2, 0.25) is 5.91 Å². The van der Waals surface area contributed by atoms with Crippen LogP contribution in [0.4, 0.5) is 8.78 Å². The number of rotatable bonds is 5. The van der Waals surface area contributed by atoms with Crippen LogP contribution in [0.3, 0.4) is 0 Å². The van der Waals surface area contributed by atoms with Gasteiger partial charge in [0.05, 0.1) is 23.3 Å². The smallest absolute Gasteiger partial charge is 0.233 e. The minimum absolute atomic E-state index is 0.105. The average Bonchev–Trinajstić information content (AvgIpc) is 3.11. The van der Waals surface area contributed by atoms with Crippen LogP contribution in [0.2, 0.25) is 0 Å². The Kier molecular flexibility index (Phi) is 4.57. The Morgan fingerprint density at radius 1 is 1.33 bits per heavy atom. The number of thioether (sulfide) groups is 1. The Balaban J connectivity index is 1.61. The summed E-state index contributed by atoms with van der Waals surface area (Å²) in [4.78, 5) is 20.7. The zero-order chi connectivity index (χ0) is 17.3. The highest BCUT2D eigenvalue weighted by Gasteiger charge is 2.14. The maximum Gasteiger partial charge on any atom is 0.233 e. The third-order valence-electron chi connectivity index (χ3n) is 3.45. The van der Waals surface area contributed by atoms with E-state index < -0.39 is 11.6 Å². The lowest BCUT2D eigenvalue weighted by Crippen LogP contribution is -2.27. The molecule has 0 saturated carbocycles. The molecule has 3 aromatic rings. The van der Waals surface area contributed by atoms with Gasteiger partial charge in [-0.15, -0.1) is 0 Å². The van der Waals surface area contributed by atoms with Crippen LogP contribution in [0, 0.1) is 18.6 Å². The molecule has 0 unspecified atom stereocenters. The number of hydrogen-bond donors (Lipinski definition) is 1. The number of hydrogen-bond acceptors (Lipinski definition) is 4. The van der Waals surface area contributed by atoms with Crippen molar-refractivity contribution in [1.82, 2.24) is 14.9 Å². The summed E-state index contributed by atoms with van der Waals surface area (Å²) in [6, 6.07) is 5.75. The van der Waals surface area contributed by atoms with Gasteiger partial charge in [-0.2, -0.15) is 0 Å². The highest BCUT2D eigenvalue weighted by molar-refractivity contribution is 7.99. The summed E-state index contributed by atoms with van der Waals surface area (Å²) >= 11 is 1.18. The molecule has 2 aromatic heterocycles. The molecule has 2 heterocycles. The number of aryl methyl sites for hydroxylation is 1. The summed E-state index contributed by atoms with van der Waals surface area (Å²) in [5.41, 5.74) is 0.714. The van der Waals surface area contributed by atoms with Gasteiger partial charge in [0.25, 0.3) is 0 Å². The topological polar surface area (TPSA) is 62.1 Å². The molecule has 3 rings (SSSR count). The third kappa shape index (κ3) is 3.59. The number of aromatic amines is 1. The van der Waals surface area contributed by atoms with E-state index in [1.165, 1.54) is 11.8 Å². The summed E-state index contributed by atoms with van der Waals surface area (Å²) in [6.45, 7) is 2.22. The summed E-state index contributed by atoms with van der Waals surface area (Å²) in [5, 5.41) is 0.436. The van der Waals surface area contributed by atoms with Crippen LogP contribution in [-0.4, -0.2) is 33.6 Å². The molecule has 0 saturated heterocycles. The van der Waals surface area contributed by atoms with Gasteiger partial charge in [-0.05, 0) is 19.1 Å². The Hall–Kier alpha value is -2.35. The minimum atomic E-state index is -0.949. The second-order valence-electron chi connectivity index (χ2n) is 5.38. The number of halogens is 2. The molecule has 0 aliphatic carbocycles. The largest absolute Gasteiger partial charge is 0.464 e. The third-order valence-corrected chi connectivity index (χ3v) is 4.31. The predicted molar refractivity (Wildman–Crippen MR) is 86.7 cm³/mol. The number of nitrogens with one attached hydrogen (secondary N) is 1. The maximum absolute atomic E-state index is 13.2. The van der Waals surface area contributed by atoms with Gasteiger partial charge in [-0.1, -0.05) is 11.8 Å². The first-order chi connectivity index (χ1) is 11.4. The van der Waals surface area contributed by atoms with Crippen molar-refractivity contribution in [3.8, 4) is 0 Å². The van der Waals surface area contributed by atoms with E-state index in [0.29, 0.717) is 28.5 Å². The van der Waals surface area contributed by atoms with E-state index in [0.717, 1.165) is 17.9 Å². The lowest BCUT2D eigenvalue weighted by Gasteiger charge is -2.14. The predicted octanol–water partition coefficient (Wildman–Crippen LogP) is 3.49. The molecule has 0 aliphatic rings. The van der Waals surface area contributed by atoms with Crippen molar-refractivity contribution >= 4 is 28.7 Å². The van der Waals surface area contributed by atoms with Gasteiger partial charge in [-0.25, -0.2) is 13.8 Å². The van der Waals surface area contributed by atoms with Gasteiger partial charge in [-0.3, -0.25) is 4.79 Å².